The highest BCUT2D eigenvalue weighted by Crippen LogP contribution is 2.28. The Morgan fingerprint density at radius 2 is 1.82 bits per heavy atom. The largest absolute Gasteiger partial charge is 0.507 e. The summed E-state index contributed by atoms with van der Waals surface area (Å²) in [5.74, 6) is -0.352. The van der Waals surface area contributed by atoms with Gasteiger partial charge >= 0.3 is 0 Å². The van der Waals surface area contributed by atoms with Gasteiger partial charge in [0.2, 0.25) is 0 Å². The number of aryl methyl sites for hydroxylation is 1. The number of hydrogen-bond donors (Lipinski definition) is 2. The van der Waals surface area contributed by atoms with Gasteiger partial charge in [0.05, 0.1) is 5.56 Å². The fraction of sp³-hybridized carbons (Fsp3) is 0.0556. The number of halogens is 1. The zero-order valence-corrected chi connectivity index (χ0v) is 13.5. The van der Waals surface area contributed by atoms with Gasteiger partial charge in [0.1, 0.15) is 5.75 Å². The van der Waals surface area contributed by atoms with Gasteiger partial charge in [0.15, 0.2) is 0 Å². The van der Waals surface area contributed by atoms with Crippen LogP contribution in [0.5, 0.6) is 5.75 Å². The molecule has 0 atom stereocenters. The van der Waals surface area contributed by atoms with E-state index in [9.17, 15) is 9.90 Å². The van der Waals surface area contributed by atoms with Crippen LogP contribution in [0.4, 0.5) is 5.69 Å². The first-order chi connectivity index (χ1) is 10.5. The Morgan fingerprint density at radius 3 is 2.59 bits per heavy atom. The van der Waals surface area contributed by atoms with Crippen molar-refractivity contribution in [2.45, 2.75) is 6.92 Å². The van der Waals surface area contributed by atoms with Crippen molar-refractivity contribution < 1.29 is 9.90 Å². The molecule has 0 aliphatic heterocycles. The Balaban J connectivity index is 2.00. The highest BCUT2D eigenvalue weighted by Gasteiger charge is 2.13. The maximum absolute atomic E-state index is 12.4. The van der Waals surface area contributed by atoms with Crippen molar-refractivity contribution in [2.24, 2.45) is 0 Å². The summed E-state index contributed by atoms with van der Waals surface area (Å²) in [6.45, 7) is 1.92. The fourth-order valence-electron chi connectivity index (χ4n) is 2.34. The van der Waals surface area contributed by atoms with E-state index in [0.29, 0.717) is 0 Å². The molecule has 3 aromatic rings. The molecule has 4 heteroatoms. The molecule has 1 amide bonds. The lowest BCUT2D eigenvalue weighted by atomic mass is 10.1. The molecule has 3 aromatic carbocycles. The van der Waals surface area contributed by atoms with E-state index in [1.54, 1.807) is 12.1 Å². The third kappa shape index (κ3) is 2.83. The molecule has 0 heterocycles. The minimum Gasteiger partial charge on any atom is -0.507 e. The molecule has 0 aliphatic carbocycles. The maximum atomic E-state index is 12.4. The lowest BCUT2D eigenvalue weighted by Crippen LogP contribution is -2.13. The number of benzene rings is 3. The first kappa shape index (κ1) is 14.6. The molecule has 0 saturated carbocycles. The molecule has 22 heavy (non-hydrogen) atoms. The van der Waals surface area contributed by atoms with E-state index in [4.69, 9.17) is 0 Å². The number of phenols is 1. The van der Waals surface area contributed by atoms with Gasteiger partial charge in [-0.2, -0.15) is 0 Å². The number of rotatable bonds is 2. The predicted molar refractivity (Wildman–Crippen MR) is 92.4 cm³/mol. The van der Waals surface area contributed by atoms with E-state index >= 15 is 0 Å². The van der Waals surface area contributed by atoms with Crippen molar-refractivity contribution in [2.75, 3.05) is 5.32 Å². The summed E-state index contributed by atoms with van der Waals surface area (Å²) in [6, 6.07) is 16.5. The monoisotopic (exact) mass is 355 g/mol. The van der Waals surface area contributed by atoms with Crippen LogP contribution in [0.25, 0.3) is 10.8 Å². The second-order valence-corrected chi connectivity index (χ2v) is 6.05. The van der Waals surface area contributed by atoms with Gasteiger partial charge in [-0.1, -0.05) is 40.2 Å². The molecular formula is C18H14BrNO2. The average molecular weight is 356 g/mol. The molecule has 0 saturated heterocycles. The fourth-order valence-corrected chi connectivity index (χ4v) is 2.72. The first-order valence-electron chi connectivity index (χ1n) is 6.84. The lowest BCUT2D eigenvalue weighted by Gasteiger charge is -2.10. The Morgan fingerprint density at radius 1 is 1.05 bits per heavy atom. The van der Waals surface area contributed by atoms with Crippen LogP contribution in [0.1, 0.15) is 15.9 Å². The van der Waals surface area contributed by atoms with Crippen LogP contribution in [-0.4, -0.2) is 11.0 Å². The molecule has 0 fully saturated rings. The third-order valence-corrected chi connectivity index (χ3v) is 4.05. The van der Waals surface area contributed by atoms with Crippen LogP contribution in [0, 0.1) is 6.92 Å². The highest BCUT2D eigenvalue weighted by molar-refractivity contribution is 9.10. The average Bonchev–Trinajstić information content (AvgIpc) is 2.49. The number of para-hydroxylation sites is 1. The molecule has 2 N–H and O–H groups in total. The number of fused-ring (bicyclic) bond motifs is 1. The molecule has 0 aromatic heterocycles. The Hall–Kier alpha value is -2.33. The predicted octanol–water partition coefficient (Wildman–Crippen LogP) is 4.87. The molecule has 0 aliphatic rings. The number of amides is 1. The number of phenolic OH excluding ortho intramolecular Hbond substituents is 1. The zero-order chi connectivity index (χ0) is 15.7. The summed E-state index contributed by atoms with van der Waals surface area (Å²) < 4.78 is 0.927. The number of aromatic hydroxyl groups is 1. The lowest BCUT2D eigenvalue weighted by molar-refractivity contribution is 0.102. The van der Waals surface area contributed by atoms with Crippen LogP contribution < -0.4 is 5.32 Å². The van der Waals surface area contributed by atoms with Crippen LogP contribution in [-0.2, 0) is 0 Å². The Bertz CT molecular complexity index is 874. The van der Waals surface area contributed by atoms with E-state index in [2.05, 4.69) is 21.2 Å². The van der Waals surface area contributed by atoms with Crippen molar-refractivity contribution in [1.82, 2.24) is 0 Å². The van der Waals surface area contributed by atoms with E-state index in [1.165, 1.54) is 0 Å². The van der Waals surface area contributed by atoms with Gasteiger partial charge in [-0.3, -0.25) is 4.79 Å². The smallest absolute Gasteiger partial charge is 0.259 e. The van der Waals surface area contributed by atoms with Crippen molar-refractivity contribution in [3.63, 3.8) is 0 Å². The molecule has 0 unspecified atom stereocenters. The number of carbonyl (C=O) groups excluding carboxylic acids is 1. The molecule has 0 spiro atoms. The normalized spacial score (nSPS) is 10.6. The van der Waals surface area contributed by atoms with Gasteiger partial charge in [0.25, 0.3) is 5.91 Å². The van der Waals surface area contributed by atoms with Crippen molar-refractivity contribution in [3.8, 4) is 5.75 Å². The van der Waals surface area contributed by atoms with E-state index in [0.717, 1.165) is 26.5 Å². The van der Waals surface area contributed by atoms with E-state index < -0.39 is 0 Å². The quantitative estimate of drug-likeness (QED) is 0.688. The van der Waals surface area contributed by atoms with Gasteiger partial charge in [-0.25, -0.2) is 0 Å². The Kier molecular flexibility index (Phi) is 3.86. The number of carbonyl (C=O) groups is 1. The first-order valence-corrected chi connectivity index (χ1v) is 7.63. The number of nitrogens with one attached hydrogen (secondary N) is 1. The summed E-state index contributed by atoms with van der Waals surface area (Å²) in [7, 11) is 0. The standard InChI is InChI=1S/C18H14BrNO2/c1-11-4-2-3-5-16(11)20-18(22)15-9-13-8-14(19)7-6-12(13)10-17(15)21/h2-10,21H,1H3,(H,20,22). The summed E-state index contributed by atoms with van der Waals surface area (Å²) >= 11 is 3.41. The topological polar surface area (TPSA) is 49.3 Å². The minimum absolute atomic E-state index is 0.0269. The van der Waals surface area contributed by atoms with Gasteiger partial charge < -0.3 is 10.4 Å². The summed E-state index contributed by atoms with van der Waals surface area (Å²) in [6.07, 6.45) is 0. The van der Waals surface area contributed by atoms with Crippen LogP contribution in [0.2, 0.25) is 0 Å². The molecule has 110 valence electrons. The molecule has 0 radical (unpaired) electrons. The summed E-state index contributed by atoms with van der Waals surface area (Å²) in [5, 5.41) is 14.7. The van der Waals surface area contributed by atoms with Crippen LogP contribution >= 0.6 is 15.9 Å². The van der Waals surface area contributed by atoms with Crippen molar-refractivity contribution in [1.29, 1.82) is 0 Å². The van der Waals surface area contributed by atoms with Crippen LogP contribution in [0.15, 0.2) is 59.1 Å². The minimum atomic E-state index is -0.325. The van der Waals surface area contributed by atoms with E-state index in [-0.39, 0.29) is 17.2 Å². The second kappa shape index (κ2) is 5.81. The number of anilines is 1. The maximum Gasteiger partial charge on any atom is 0.259 e. The van der Waals surface area contributed by atoms with Crippen LogP contribution in [0.3, 0.4) is 0 Å². The molecular weight excluding hydrogens is 342 g/mol. The van der Waals surface area contributed by atoms with Gasteiger partial charge in [-0.05, 0) is 53.6 Å². The summed E-state index contributed by atoms with van der Waals surface area (Å²) in [4.78, 5) is 12.4. The molecule has 3 rings (SSSR count). The Labute approximate surface area is 136 Å². The van der Waals surface area contributed by atoms with Gasteiger partial charge in [-0.15, -0.1) is 0 Å². The SMILES string of the molecule is Cc1ccccc1NC(=O)c1cc2cc(Br)ccc2cc1O. The van der Waals surface area contributed by atoms with Crippen molar-refractivity contribution >= 4 is 38.3 Å². The second-order valence-electron chi connectivity index (χ2n) is 5.13. The van der Waals surface area contributed by atoms with Gasteiger partial charge in [0, 0.05) is 10.2 Å². The summed E-state index contributed by atoms with van der Waals surface area (Å²) in [5.41, 5.74) is 1.97. The van der Waals surface area contributed by atoms with Crippen molar-refractivity contribution in [3.05, 3.63) is 70.2 Å². The number of hydrogen-bond acceptors (Lipinski definition) is 2. The zero-order valence-electron chi connectivity index (χ0n) is 11.9. The highest BCUT2D eigenvalue weighted by atomic mass is 79.9. The molecule has 0 bridgehead atoms. The third-order valence-electron chi connectivity index (χ3n) is 3.55. The molecule has 3 nitrogen and oxygen atoms in total. The van der Waals surface area contributed by atoms with E-state index in [1.807, 2.05) is 49.4 Å².